The number of hydrogen-bond donors (Lipinski definition) is 2. The Kier molecular flexibility index (Phi) is 5.06. The smallest absolute Gasteiger partial charge is 0.0610 e. The maximum Gasteiger partial charge on any atom is 0.0610 e. The van der Waals surface area contributed by atoms with E-state index in [0.717, 1.165) is 0 Å². The summed E-state index contributed by atoms with van der Waals surface area (Å²) in [7, 11) is 0. The predicted octanol–water partition coefficient (Wildman–Crippen LogP) is 3.37. The van der Waals surface area contributed by atoms with Gasteiger partial charge in [-0.1, -0.05) is 31.2 Å². The lowest BCUT2D eigenvalue weighted by Gasteiger charge is -2.36. The van der Waals surface area contributed by atoms with Gasteiger partial charge in [0.2, 0.25) is 0 Å². The molecule has 0 aliphatic carbocycles. The quantitative estimate of drug-likeness (QED) is 0.668. The standard InChI is InChI=1S/C16H21N3S2/c1-2-14-16(21-8-7-20-14)15(19-17)13-10-18-9-11-5-3-4-6-12(11)13/h3-6,9-10,14-16,19H,2,7-8,17H2,1H3. The van der Waals surface area contributed by atoms with E-state index in [0.29, 0.717) is 10.5 Å². The number of hydrazine groups is 1. The molecule has 3 atom stereocenters. The van der Waals surface area contributed by atoms with E-state index in [1.54, 1.807) is 0 Å². The van der Waals surface area contributed by atoms with Gasteiger partial charge in [0, 0.05) is 39.8 Å². The number of rotatable bonds is 4. The fourth-order valence-electron chi connectivity index (χ4n) is 3.00. The first-order chi connectivity index (χ1) is 10.3. The van der Waals surface area contributed by atoms with Crippen LogP contribution in [0.3, 0.4) is 0 Å². The van der Waals surface area contributed by atoms with Crippen LogP contribution in [0, 0.1) is 0 Å². The Morgan fingerprint density at radius 2 is 2.10 bits per heavy atom. The SMILES string of the molecule is CCC1SCCSC1C(NN)c1cncc2ccccc12. The Labute approximate surface area is 134 Å². The van der Waals surface area contributed by atoms with Crippen LogP contribution in [0.25, 0.3) is 10.8 Å². The topological polar surface area (TPSA) is 50.9 Å². The van der Waals surface area contributed by atoms with Gasteiger partial charge >= 0.3 is 0 Å². The highest BCUT2D eigenvalue weighted by Gasteiger charge is 2.33. The summed E-state index contributed by atoms with van der Waals surface area (Å²) < 4.78 is 0. The van der Waals surface area contributed by atoms with Crippen LogP contribution < -0.4 is 11.3 Å². The van der Waals surface area contributed by atoms with Crippen LogP contribution in [0.15, 0.2) is 36.7 Å². The van der Waals surface area contributed by atoms with Gasteiger partial charge < -0.3 is 0 Å². The zero-order valence-corrected chi connectivity index (χ0v) is 13.8. The van der Waals surface area contributed by atoms with Crippen molar-refractivity contribution >= 4 is 34.3 Å². The van der Waals surface area contributed by atoms with Crippen LogP contribution in [0.1, 0.15) is 24.9 Å². The number of fused-ring (bicyclic) bond motifs is 1. The molecule has 3 rings (SSSR count). The zero-order valence-electron chi connectivity index (χ0n) is 12.2. The van der Waals surface area contributed by atoms with Crippen molar-refractivity contribution in [3.63, 3.8) is 0 Å². The van der Waals surface area contributed by atoms with E-state index in [9.17, 15) is 0 Å². The molecule has 1 aromatic carbocycles. The first kappa shape index (κ1) is 15.2. The molecule has 1 saturated heterocycles. The molecule has 2 heterocycles. The molecule has 3 unspecified atom stereocenters. The lowest BCUT2D eigenvalue weighted by Crippen LogP contribution is -2.41. The summed E-state index contributed by atoms with van der Waals surface area (Å²) in [6.45, 7) is 2.27. The first-order valence-corrected chi connectivity index (χ1v) is 9.47. The van der Waals surface area contributed by atoms with E-state index in [1.807, 2.05) is 24.2 Å². The van der Waals surface area contributed by atoms with Gasteiger partial charge in [-0.05, 0) is 17.4 Å². The minimum Gasteiger partial charge on any atom is -0.271 e. The third-order valence-electron chi connectivity index (χ3n) is 4.04. The van der Waals surface area contributed by atoms with E-state index < -0.39 is 0 Å². The van der Waals surface area contributed by atoms with Gasteiger partial charge in [-0.15, -0.1) is 0 Å². The Hall–Kier alpha value is -0.750. The van der Waals surface area contributed by atoms with E-state index in [-0.39, 0.29) is 6.04 Å². The Morgan fingerprint density at radius 3 is 2.90 bits per heavy atom. The Morgan fingerprint density at radius 1 is 1.29 bits per heavy atom. The highest BCUT2D eigenvalue weighted by molar-refractivity contribution is 8.07. The van der Waals surface area contributed by atoms with Crippen molar-refractivity contribution in [2.24, 2.45) is 5.84 Å². The molecule has 3 nitrogen and oxygen atoms in total. The molecule has 0 spiro atoms. The second kappa shape index (κ2) is 7.01. The molecule has 1 aliphatic heterocycles. The van der Waals surface area contributed by atoms with Crippen LogP contribution in [0.5, 0.6) is 0 Å². The summed E-state index contributed by atoms with van der Waals surface area (Å²) in [5, 5.41) is 3.56. The van der Waals surface area contributed by atoms with Crippen molar-refractivity contribution in [1.29, 1.82) is 0 Å². The minimum atomic E-state index is 0.145. The predicted molar refractivity (Wildman–Crippen MR) is 94.6 cm³/mol. The van der Waals surface area contributed by atoms with E-state index in [2.05, 4.69) is 53.4 Å². The highest BCUT2D eigenvalue weighted by Crippen LogP contribution is 2.41. The summed E-state index contributed by atoms with van der Waals surface area (Å²) in [5.74, 6) is 8.38. The van der Waals surface area contributed by atoms with Crippen molar-refractivity contribution in [3.05, 3.63) is 42.2 Å². The second-order valence-electron chi connectivity index (χ2n) is 5.25. The molecule has 0 bridgehead atoms. The number of pyridine rings is 1. The van der Waals surface area contributed by atoms with Crippen LogP contribution in [-0.4, -0.2) is 27.0 Å². The maximum atomic E-state index is 5.94. The van der Waals surface area contributed by atoms with Crippen LogP contribution in [-0.2, 0) is 0 Å². The molecule has 0 saturated carbocycles. The summed E-state index contributed by atoms with van der Waals surface area (Å²) in [6, 6.07) is 8.56. The molecule has 112 valence electrons. The summed E-state index contributed by atoms with van der Waals surface area (Å²) >= 11 is 4.12. The summed E-state index contributed by atoms with van der Waals surface area (Å²) in [4.78, 5) is 4.42. The van der Waals surface area contributed by atoms with Gasteiger partial charge in [0.1, 0.15) is 0 Å². The molecule has 21 heavy (non-hydrogen) atoms. The lowest BCUT2D eigenvalue weighted by molar-refractivity contribution is 0.515. The number of nitrogens with one attached hydrogen (secondary N) is 1. The number of thioether (sulfide) groups is 2. The largest absolute Gasteiger partial charge is 0.271 e. The fraction of sp³-hybridized carbons (Fsp3) is 0.438. The van der Waals surface area contributed by atoms with Crippen LogP contribution >= 0.6 is 23.5 Å². The van der Waals surface area contributed by atoms with Gasteiger partial charge in [0.05, 0.1) is 6.04 Å². The van der Waals surface area contributed by atoms with Crippen molar-refractivity contribution in [3.8, 4) is 0 Å². The van der Waals surface area contributed by atoms with Gasteiger partial charge in [-0.2, -0.15) is 23.5 Å². The summed E-state index contributed by atoms with van der Waals surface area (Å²) in [6.07, 6.45) is 5.07. The van der Waals surface area contributed by atoms with Crippen molar-refractivity contribution in [2.75, 3.05) is 11.5 Å². The number of nitrogens with zero attached hydrogens (tertiary/aromatic N) is 1. The van der Waals surface area contributed by atoms with E-state index in [4.69, 9.17) is 5.84 Å². The van der Waals surface area contributed by atoms with Gasteiger partial charge in [0.25, 0.3) is 0 Å². The fourth-order valence-corrected chi connectivity index (χ4v) is 6.22. The third kappa shape index (κ3) is 3.06. The van der Waals surface area contributed by atoms with Crippen LogP contribution in [0.2, 0.25) is 0 Å². The van der Waals surface area contributed by atoms with E-state index >= 15 is 0 Å². The molecular weight excluding hydrogens is 298 g/mol. The monoisotopic (exact) mass is 319 g/mol. The molecule has 1 fully saturated rings. The van der Waals surface area contributed by atoms with Crippen molar-refractivity contribution in [2.45, 2.75) is 29.9 Å². The Balaban J connectivity index is 2.01. The van der Waals surface area contributed by atoms with E-state index in [1.165, 1.54) is 34.3 Å². The third-order valence-corrected chi connectivity index (χ3v) is 7.39. The van der Waals surface area contributed by atoms with Crippen molar-refractivity contribution < 1.29 is 0 Å². The highest BCUT2D eigenvalue weighted by atomic mass is 32.2. The van der Waals surface area contributed by atoms with Gasteiger partial charge in [-0.3, -0.25) is 16.3 Å². The molecule has 0 amide bonds. The average Bonchev–Trinajstić information content (AvgIpc) is 2.56. The second-order valence-corrected chi connectivity index (χ2v) is 7.88. The van der Waals surface area contributed by atoms with Crippen LogP contribution in [0.4, 0.5) is 0 Å². The number of benzene rings is 1. The summed E-state index contributed by atoms with van der Waals surface area (Å²) in [5.41, 5.74) is 4.29. The zero-order chi connectivity index (χ0) is 14.7. The molecule has 1 aromatic heterocycles. The Bertz CT molecular complexity index is 600. The van der Waals surface area contributed by atoms with Gasteiger partial charge in [0.15, 0.2) is 0 Å². The first-order valence-electron chi connectivity index (χ1n) is 7.37. The minimum absolute atomic E-state index is 0.145. The number of hydrogen-bond acceptors (Lipinski definition) is 5. The molecule has 0 radical (unpaired) electrons. The lowest BCUT2D eigenvalue weighted by atomic mass is 9.97. The molecule has 2 aromatic rings. The molecule has 3 N–H and O–H groups in total. The molecule has 1 aliphatic rings. The normalized spacial score (nSPS) is 24.1. The average molecular weight is 319 g/mol. The molecule has 5 heteroatoms. The molecular formula is C16H21N3S2. The van der Waals surface area contributed by atoms with Gasteiger partial charge in [-0.25, -0.2) is 0 Å². The number of nitrogens with two attached hydrogens (primary N) is 1. The number of aromatic nitrogens is 1. The van der Waals surface area contributed by atoms with Crippen molar-refractivity contribution in [1.82, 2.24) is 10.4 Å². The maximum absolute atomic E-state index is 5.94.